The zero-order chi connectivity index (χ0) is 10.8. The largest absolute Gasteiger partial charge is 0.327 e. The summed E-state index contributed by atoms with van der Waals surface area (Å²) in [6.07, 6.45) is -0.0110. The number of hydrogen-bond acceptors (Lipinski definition) is 2. The lowest BCUT2D eigenvalue weighted by molar-refractivity contribution is 0.328. The van der Waals surface area contributed by atoms with E-state index < -0.39 is 0 Å². The van der Waals surface area contributed by atoms with Gasteiger partial charge in [-0.05, 0) is 36.8 Å². The van der Waals surface area contributed by atoms with Gasteiger partial charge in [0.1, 0.15) is 12.0 Å². The van der Waals surface area contributed by atoms with Crippen LogP contribution in [0.3, 0.4) is 0 Å². The topological polar surface area (TPSA) is 27.3 Å². The molecule has 3 nitrogen and oxygen atoms in total. The Balaban J connectivity index is 2.23. The lowest BCUT2D eigenvalue weighted by Gasteiger charge is -2.22. The smallest absolute Gasteiger partial charge is 0.185 e. The van der Waals surface area contributed by atoms with Gasteiger partial charge in [0.05, 0.1) is 0 Å². The Morgan fingerprint density at radius 2 is 2.07 bits per heavy atom. The van der Waals surface area contributed by atoms with Gasteiger partial charge in [0.25, 0.3) is 0 Å². The molecule has 5 heteroatoms. The van der Waals surface area contributed by atoms with Crippen molar-refractivity contribution in [2.75, 3.05) is 6.54 Å². The summed E-state index contributed by atoms with van der Waals surface area (Å²) in [5.41, 5.74) is 6.94. The highest BCUT2D eigenvalue weighted by Gasteiger charge is 2.27. The van der Waals surface area contributed by atoms with E-state index in [9.17, 15) is 4.39 Å². The molecule has 0 amide bonds. The maximum atomic E-state index is 12.8. The van der Waals surface area contributed by atoms with Crippen molar-refractivity contribution in [3.8, 4) is 0 Å². The minimum atomic E-state index is -0.227. The second-order valence-corrected chi connectivity index (χ2v) is 3.70. The van der Waals surface area contributed by atoms with Crippen LogP contribution in [0.2, 0.25) is 0 Å². The molecular weight excluding hydrogens is 213 g/mol. The molecule has 80 valence electrons. The summed E-state index contributed by atoms with van der Waals surface area (Å²) in [5.74, 6) is -0.227. The molecule has 0 aliphatic carbocycles. The predicted molar refractivity (Wildman–Crippen MR) is 60.4 cm³/mol. The second-order valence-electron chi connectivity index (χ2n) is 3.31. The minimum Gasteiger partial charge on any atom is -0.327 e. The van der Waals surface area contributed by atoms with Crippen LogP contribution in [-0.2, 0) is 0 Å². The van der Waals surface area contributed by atoms with Gasteiger partial charge >= 0.3 is 0 Å². The highest BCUT2D eigenvalue weighted by atomic mass is 32.1. The fraction of sp³-hybridized carbons (Fsp3) is 0.300. The number of hydrazine groups is 1. The van der Waals surface area contributed by atoms with E-state index in [0.717, 1.165) is 12.1 Å². The van der Waals surface area contributed by atoms with Gasteiger partial charge in [-0.2, -0.15) is 0 Å². The van der Waals surface area contributed by atoms with E-state index in [1.807, 2.05) is 11.8 Å². The van der Waals surface area contributed by atoms with Crippen molar-refractivity contribution in [3.05, 3.63) is 35.6 Å². The Bertz CT molecular complexity index is 365. The standard InChI is InChI=1S/C10H12FN3S/c1-2-14-9(12-13-10(14)15)7-3-5-8(11)6-4-7/h3-6,9,12H,2H2,1H3,(H,13,15). The fourth-order valence-electron chi connectivity index (χ4n) is 1.63. The minimum absolute atomic E-state index is 0.0110. The van der Waals surface area contributed by atoms with Gasteiger partial charge in [0.2, 0.25) is 0 Å². The molecular formula is C10H12FN3S. The van der Waals surface area contributed by atoms with Crippen molar-refractivity contribution in [2.45, 2.75) is 13.1 Å². The number of benzene rings is 1. The predicted octanol–water partition coefficient (Wildman–Crippen LogP) is 1.54. The molecule has 1 fully saturated rings. The number of nitrogens with zero attached hydrogens (tertiary/aromatic N) is 1. The van der Waals surface area contributed by atoms with Crippen LogP contribution in [-0.4, -0.2) is 16.6 Å². The van der Waals surface area contributed by atoms with E-state index in [1.54, 1.807) is 12.1 Å². The molecule has 0 saturated carbocycles. The molecule has 1 atom stereocenters. The van der Waals surface area contributed by atoms with Gasteiger partial charge in [0, 0.05) is 6.54 Å². The van der Waals surface area contributed by atoms with Crippen LogP contribution in [0.4, 0.5) is 4.39 Å². The first-order valence-electron chi connectivity index (χ1n) is 4.80. The van der Waals surface area contributed by atoms with Crippen LogP contribution in [0, 0.1) is 5.82 Å². The normalized spacial score (nSPS) is 20.5. The Kier molecular flexibility index (Phi) is 2.83. The SMILES string of the molecule is CCN1C(=S)NNC1c1ccc(F)cc1. The van der Waals surface area contributed by atoms with Crippen LogP contribution >= 0.6 is 12.2 Å². The summed E-state index contributed by atoms with van der Waals surface area (Å²) in [4.78, 5) is 2.00. The lowest BCUT2D eigenvalue weighted by atomic mass is 10.1. The Labute approximate surface area is 93.2 Å². The van der Waals surface area contributed by atoms with E-state index in [2.05, 4.69) is 10.9 Å². The van der Waals surface area contributed by atoms with Crippen molar-refractivity contribution < 1.29 is 4.39 Å². The first kappa shape index (κ1) is 10.3. The van der Waals surface area contributed by atoms with Crippen LogP contribution in [0.5, 0.6) is 0 Å². The molecule has 1 heterocycles. The third-order valence-corrected chi connectivity index (χ3v) is 2.75. The maximum Gasteiger partial charge on any atom is 0.185 e. The quantitative estimate of drug-likeness (QED) is 0.747. The van der Waals surface area contributed by atoms with Crippen molar-refractivity contribution in [3.63, 3.8) is 0 Å². The van der Waals surface area contributed by atoms with Gasteiger partial charge < -0.3 is 4.90 Å². The van der Waals surface area contributed by atoms with Crippen molar-refractivity contribution in [1.29, 1.82) is 0 Å². The molecule has 0 radical (unpaired) electrons. The number of nitrogens with one attached hydrogen (secondary N) is 2. The van der Waals surface area contributed by atoms with Crippen LogP contribution < -0.4 is 10.9 Å². The Hall–Kier alpha value is -1.20. The highest BCUT2D eigenvalue weighted by Crippen LogP contribution is 2.20. The molecule has 2 rings (SSSR count). The molecule has 1 aliphatic heterocycles. The number of hydrogen-bond donors (Lipinski definition) is 2. The molecule has 0 spiro atoms. The maximum absolute atomic E-state index is 12.8. The zero-order valence-corrected chi connectivity index (χ0v) is 9.14. The number of rotatable bonds is 2. The summed E-state index contributed by atoms with van der Waals surface area (Å²) in [5, 5.41) is 0.673. The Morgan fingerprint density at radius 1 is 1.40 bits per heavy atom. The van der Waals surface area contributed by atoms with E-state index >= 15 is 0 Å². The van der Waals surface area contributed by atoms with Crippen LogP contribution in [0.1, 0.15) is 18.7 Å². The van der Waals surface area contributed by atoms with Crippen LogP contribution in [0.25, 0.3) is 0 Å². The molecule has 15 heavy (non-hydrogen) atoms. The van der Waals surface area contributed by atoms with E-state index in [1.165, 1.54) is 12.1 Å². The van der Waals surface area contributed by atoms with Crippen molar-refractivity contribution >= 4 is 17.3 Å². The van der Waals surface area contributed by atoms with Gasteiger partial charge in [-0.1, -0.05) is 12.1 Å². The fourth-order valence-corrected chi connectivity index (χ4v) is 1.93. The first-order valence-corrected chi connectivity index (χ1v) is 5.21. The summed E-state index contributed by atoms with van der Waals surface area (Å²) in [6.45, 7) is 2.83. The second kappa shape index (κ2) is 4.12. The summed E-state index contributed by atoms with van der Waals surface area (Å²) in [6, 6.07) is 6.41. The number of thiocarbonyl (C=S) groups is 1. The molecule has 1 aliphatic rings. The summed E-state index contributed by atoms with van der Waals surface area (Å²) >= 11 is 5.12. The van der Waals surface area contributed by atoms with E-state index in [-0.39, 0.29) is 12.0 Å². The van der Waals surface area contributed by atoms with Gasteiger partial charge in [-0.3, -0.25) is 5.43 Å². The lowest BCUT2D eigenvalue weighted by Crippen LogP contribution is -2.29. The molecule has 1 unspecified atom stereocenters. The average Bonchev–Trinajstić information content (AvgIpc) is 2.61. The third-order valence-electron chi connectivity index (χ3n) is 2.41. The molecule has 1 saturated heterocycles. The summed E-state index contributed by atoms with van der Waals surface area (Å²) in [7, 11) is 0. The number of halogens is 1. The van der Waals surface area contributed by atoms with Crippen molar-refractivity contribution in [2.24, 2.45) is 0 Å². The van der Waals surface area contributed by atoms with Gasteiger partial charge in [0.15, 0.2) is 5.11 Å². The highest BCUT2D eigenvalue weighted by molar-refractivity contribution is 7.80. The average molecular weight is 225 g/mol. The van der Waals surface area contributed by atoms with E-state index in [0.29, 0.717) is 5.11 Å². The molecule has 0 aromatic heterocycles. The Morgan fingerprint density at radius 3 is 2.67 bits per heavy atom. The van der Waals surface area contributed by atoms with Crippen LogP contribution in [0.15, 0.2) is 24.3 Å². The third kappa shape index (κ3) is 1.93. The summed E-state index contributed by atoms with van der Waals surface area (Å²) < 4.78 is 12.8. The van der Waals surface area contributed by atoms with Gasteiger partial charge in [-0.25, -0.2) is 9.82 Å². The van der Waals surface area contributed by atoms with E-state index in [4.69, 9.17) is 12.2 Å². The van der Waals surface area contributed by atoms with Crippen molar-refractivity contribution in [1.82, 2.24) is 15.8 Å². The zero-order valence-electron chi connectivity index (χ0n) is 8.33. The van der Waals surface area contributed by atoms with Gasteiger partial charge in [-0.15, -0.1) is 0 Å². The monoisotopic (exact) mass is 225 g/mol. The molecule has 1 aromatic rings. The molecule has 2 N–H and O–H groups in total. The molecule has 1 aromatic carbocycles. The molecule has 0 bridgehead atoms. The first-order chi connectivity index (χ1) is 7.22.